The molecule has 0 unspecified atom stereocenters. The van der Waals surface area contributed by atoms with Gasteiger partial charge in [-0.25, -0.2) is 8.42 Å². The van der Waals surface area contributed by atoms with Crippen molar-refractivity contribution in [3.05, 3.63) is 28.8 Å². The van der Waals surface area contributed by atoms with Crippen LogP contribution in [0.15, 0.2) is 23.1 Å². The van der Waals surface area contributed by atoms with Crippen LogP contribution in [0.2, 0.25) is 5.02 Å². The summed E-state index contributed by atoms with van der Waals surface area (Å²) in [5.41, 5.74) is 0.0580. The number of hydrogen-bond donors (Lipinski definition) is 2. The molecule has 1 atom stereocenters. The van der Waals surface area contributed by atoms with E-state index in [0.717, 1.165) is 6.42 Å². The maximum Gasteiger partial charge on any atom is 0.241 e. The van der Waals surface area contributed by atoms with Gasteiger partial charge >= 0.3 is 0 Å². The number of carbonyl (C=O) groups excluding carboxylic acids is 1. The Bertz CT molecular complexity index is 668. The summed E-state index contributed by atoms with van der Waals surface area (Å²) in [5.74, 6) is -0.408. The van der Waals surface area contributed by atoms with Gasteiger partial charge in [0.15, 0.2) is 0 Å². The lowest BCUT2D eigenvalue weighted by atomic mass is 10.2. The first-order valence-corrected chi connectivity index (χ1v) is 8.17. The van der Waals surface area contributed by atoms with Crippen LogP contribution in [0, 0.1) is 11.3 Å². The van der Waals surface area contributed by atoms with Gasteiger partial charge in [-0.3, -0.25) is 4.79 Å². The molecule has 0 saturated heterocycles. The molecular weight excluding hydrogens is 314 g/mol. The highest BCUT2D eigenvalue weighted by Gasteiger charge is 2.22. The minimum Gasteiger partial charge on any atom is -0.355 e. The van der Waals surface area contributed by atoms with Crippen LogP contribution in [-0.2, 0) is 14.8 Å². The van der Waals surface area contributed by atoms with E-state index in [4.69, 9.17) is 16.9 Å². The summed E-state index contributed by atoms with van der Waals surface area (Å²) < 4.78 is 26.6. The molecule has 114 valence electrons. The third kappa shape index (κ3) is 4.70. The number of sulfonamides is 1. The molecule has 21 heavy (non-hydrogen) atoms. The molecule has 0 fully saturated rings. The monoisotopic (exact) mass is 329 g/mol. The number of carbonyl (C=O) groups is 1. The Morgan fingerprint density at radius 3 is 2.71 bits per heavy atom. The molecule has 8 heteroatoms. The Balaban J connectivity index is 2.92. The number of nitrogens with one attached hydrogen (secondary N) is 2. The topological polar surface area (TPSA) is 99.1 Å². The van der Waals surface area contributed by atoms with Crippen LogP contribution >= 0.6 is 11.6 Å². The van der Waals surface area contributed by atoms with E-state index in [2.05, 4.69) is 10.0 Å². The first kappa shape index (κ1) is 17.4. The van der Waals surface area contributed by atoms with Crippen molar-refractivity contribution in [1.82, 2.24) is 10.0 Å². The van der Waals surface area contributed by atoms with Crippen LogP contribution < -0.4 is 10.0 Å². The van der Waals surface area contributed by atoms with E-state index < -0.39 is 22.0 Å². The van der Waals surface area contributed by atoms with Crippen molar-refractivity contribution in [2.45, 2.75) is 31.2 Å². The van der Waals surface area contributed by atoms with E-state index >= 15 is 0 Å². The number of halogens is 1. The van der Waals surface area contributed by atoms with Gasteiger partial charge in [-0.2, -0.15) is 9.98 Å². The minimum atomic E-state index is -3.90. The zero-order valence-corrected chi connectivity index (χ0v) is 13.3. The van der Waals surface area contributed by atoms with Gasteiger partial charge in [0.25, 0.3) is 0 Å². The van der Waals surface area contributed by atoms with Crippen LogP contribution in [0.5, 0.6) is 0 Å². The molecule has 0 aliphatic heterocycles. The summed E-state index contributed by atoms with van der Waals surface area (Å²) in [7, 11) is -3.90. The zero-order valence-electron chi connectivity index (χ0n) is 11.7. The minimum absolute atomic E-state index is 0.0580. The molecular formula is C13H16ClN3O3S. The Hall–Kier alpha value is -1.62. The fourth-order valence-electron chi connectivity index (χ4n) is 1.51. The molecule has 0 heterocycles. The van der Waals surface area contributed by atoms with E-state index in [-0.39, 0.29) is 15.5 Å². The van der Waals surface area contributed by atoms with Gasteiger partial charge in [0.1, 0.15) is 6.07 Å². The van der Waals surface area contributed by atoms with Gasteiger partial charge in [-0.05, 0) is 31.5 Å². The van der Waals surface area contributed by atoms with Gasteiger partial charge < -0.3 is 5.32 Å². The molecule has 2 N–H and O–H groups in total. The smallest absolute Gasteiger partial charge is 0.241 e. The summed E-state index contributed by atoms with van der Waals surface area (Å²) in [6, 6.07) is 4.67. The van der Waals surface area contributed by atoms with Crippen molar-refractivity contribution in [2.75, 3.05) is 6.54 Å². The average Bonchev–Trinajstić information content (AvgIpc) is 2.44. The molecule has 1 aromatic rings. The van der Waals surface area contributed by atoms with Gasteiger partial charge in [0, 0.05) is 6.54 Å². The summed E-state index contributed by atoms with van der Waals surface area (Å²) in [6.45, 7) is 3.82. The second-order valence-corrected chi connectivity index (χ2v) is 6.51. The molecule has 0 radical (unpaired) electrons. The summed E-state index contributed by atoms with van der Waals surface area (Å²) in [5, 5.41) is 11.6. The number of amides is 1. The first-order chi connectivity index (χ1) is 9.81. The second kappa shape index (κ2) is 7.41. The largest absolute Gasteiger partial charge is 0.355 e. The van der Waals surface area contributed by atoms with Crippen LogP contribution in [0.25, 0.3) is 0 Å². The molecule has 0 aliphatic rings. The Labute approximate surface area is 129 Å². The van der Waals surface area contributed by atoms with Crippen LogP contribution in [0.1, 0.15) is 25.8 Å². The van der Waals surface area contributed by atoms with Gasteiger partial charge in [-0.15, -0.1) is 0 Å². The maximum atomic E-state index is 12.2. The second-order valence-electron chi connectivity index (χ2n) is 4.39. The fraction of sp³-hybridized carbons (Fsp3) is 0.385. The SMILES string of the molecule is CCCNC(=O)[C@@H](C)NS(=O)(=O)c1ccc(Cl)c(C#N)c1. The molecule has 1 amide bonds. The number of benzene rings is 1. The lowest BCUT2D eigenvalue weighted by Crippen LogP contribution is -2.44. The lowest BCUT2D eigenvalue weighted by Gasteiger charge is -2.14. The molecule has 0 aliphatic carbocycles. The number of hydrogen-bond acceptors (Lipinski definition) is 4. The standard InChI is InChI=1S/C13H16ClN3O3S/c1-3-6-16-13(18)9(2)17-21(19,20)11-4-5-12(14)10(7-11)8-15/h4-5,7,9,17H,3,6H2,1-2H3,(H,16,18)/t9-/m1/s1. The zero-order chi connectivity index (χ0) is 16.0. The summed E-state index contributed by atoms with van der Waals surface area (Å²) >= 11 is 5.76. The molecule has 0 aromatic heterocycles. The highest BCUT2D eigenvalue weighted by atomic mass is 35.5. The highest BCUT2D eigenvalue weighted by molar-refractivity contribution is 7.89. The van der Waals surface area contributed by atoms with E-state index in [0.29, 0.717) is 6.54 Å². The van der Waals surface area contributed by atoms with E-state index in [1.807, 2.05) is 13.0 Å². The van der Waals surface area contributed by atoms with Crippen molar-refractivity contribution < 1.29 is 13.2 Å². The summed E-state index contributed by atoms with van der Waals surface area (Å²) in [4.78, 5) is 11.6. The van der Waals surface area contributed by atoms with Gasteiger partial charge in [0.05, 0.1) is 21.5 Å². The van der Waals surface area contributed by atoms with Crippen molar-refractivity contribution in [1.29, 1.82) is 5.26 Å². The molecule has 0 spiro atoms. The van der Waals surface area contributed by atoms with Crippen LogP contribution in [-0.4, -0.2) is 26.9 Å². The van der Waals surface area contributed by atoms with Crippen LogP contribution in [0.4, 0.5) is 0 Å². The first-order valence-electron chi connectivity index (χ1n) is 6.31. The molecule has 6 nitrogen and oxygen atoms in total. The van der Waals surface area contributed by atoms with Crippen LogP contribution in [0.3, 0.4) is 0 Å². The predicted octanol–water partition coefficient (Wildman–Crippen LogP) is 1.40. The molecule has 0 bridgehead atoms. The van der Waals surface area contributed by atoms with Gasteiger partial charge in [0.2, 0.25) is 15.9 Å². The summed E-state index contributed by atoms with van der Waals surface area (Å²) in [6.07, 6.45) is 0.758. The number of nitriles is 1. The predicted molar refractivity (Wildman–Crippen MR) is 79.3 cm³/mol. The quantitative estimate of drug-likeness (QED) is 0.824. The van der Waals surface area contributed by atoms with Crippen molar-refractivity contribution >= 4 is 27.5 Å². The van der Waals surface area contributed by atoms with Gasteiger partial charge in [-0.1, -0.05) is 18.5 Å². The lowest BCUT2D eigenvalue weighted by molar-refractivity contribution is -0.122. The Morgan fingerprint density at radius 2 is 2.14 bits per heavy atom. The molecule has 1 rings (SSSR count). The highest BCUT2D eigenvalue weighted by Crippen LogP contribution is 2.19. The third-order valence-electron chi connectivity index (χ3n) is 2.64. The van der Waals surface area contributed by atoms with Crippen molar-refractivity contribution in [2.24, 2.45) is 0 Å². The Morgan fingerprint density at radius 1 is 1.48 bits per heavy atom. The third-order valence-corrected chi connectivity index (χ3v) is 4.51. The van der Waals surface area contributed by atoms with Crippen molar-refractivity contribution in [3.8, 4) is 6.07 Å². The van der Waals surface area contributed by atoms with E-state index in [9.17, 15) is 13.2 Å². The maximum absolute atomic E-state index is 12.2. The molecule has 1 aromatic carbocycles. The number of nitrogens with zero attached hydrogens (tertiary/aromatic N) is 1. The average molecular weight is 330 g/mol. The molecule has 0 saturated carbocycles. The fourth-order valence-corrected chi connectivity index (χ4v) is 2.90. The van der Waals surface area contributed by atoms with Crippen molar-refractivity contribution in [3.63, 3.8) is 0 Å². The Kier molecular flexibility index (Phi) is 6.15. The van der Waals surface area contributed by atoms with E-state index in [1.165, 1.54) is 25.1 Å². The van der Waals surface area contributed by atoms with E-state index in [1.54, 1.807) is 0 Å². The normalized spacial score (nSPS) is 12.5. The number of rotatable bonds is 6.